The number of aryl methyl sites for hydroxylation is 1. The van der Waals surface area contributed by atoms with Gasteiger partial charge in [-0.1, -0.05) is 43.1 Å². The third-order valence-electron chi connectivity index (χ3n) is 4.20. The molecule has 0 radical (unpaired) electrons. The molecule has 0 aliphatic rings. The van der Waals surface area contributed by atoms with Gasteiger partial charge in [0.2, 0.25) is 0 Å². The fourth-order valence-corrected chi connectivity index (χ4v) is 2.90. The zero-order chi connectivity index (χ0) is 20.5. The topological polar surface area (TPSA) is 59.6 Å². The molecule has 0 spiro atoms. The Balaban J connectivity index is 1.94. The van der Waals surface area contributed by atoms with Crippen LogP contribution in [0.3, 0.4) is 0 Å². The summed E-state index contributed by atoms with van der Waals surface area (Å²) >= 11 is 6.37. The van der Waals surface area contributed by atoms with Crippen LogP contribution in [0.25, 0.3) is 0 Å². The highest BCUT2D eigenvalue weighted by atomic mass is 35.5. The third-order valence-corrected chi connectivity index (χ3v) is 4.48. The second-order valence-electron chi connectivity index (χ2n) is 7.17. The van der Waals surface area contributed by atoms with Crippen molar-refractivity contribution in [2.75, 3.05) is 25.6 Å². The number of ether oxygens (including phenoxy) is 2. The Labute approximate surface area is 172 Å². The molecule has 0 aliphatic heterocycles. The summed E-state index contributed by atoms with van der Waals surface area (Å²) in [6.07, 6.45) is 1.11. The van der Waals surface area contributed by atoms with Crippen LogP contribution < -0.4 is 20.1 Å². The Morgan fingerprint density at radius 1 is 1.18 bits per heavy atom. The van der Waals surface area contributed by atoms with E-state index >= 15 is 0 Å². The summed E-state index contributed by atoms with van der Waals surface area (Å²) < 4.78 is 11.0. The van der Waals surface area contributed by atoms with Crippen LogP contribution in [0.5, 0.6) is 11.5 Å². The number of hydrogen-bond acceptors (Lipinski definition) is 4. The van der Waals surface area contributed by atoms with Crippen molar-refractivity contribution in [2.24, 2.45) is 5.92 Å². The summed E-state index contributed by atoms with van der Waals surface area (Å²) in [7, 11) is 1.56. The lowest BCUT2D eigenvalue weighted by Crippen LogP contribution is -2.20. The van der Waals surface area contributed by atoms with E-state index in [0.717, 1.165) is 29.8 Å². The molecule has 2 aromatic rings. The molecule has 2 aromatic carbocycles. The smallest absolute Gasteiger partial charge is 0.262 e. The lowest BCUT2D eigenvalue weighted by Gasteiger charge is -2.15. The monoisotopic (exact) mass is 404 g/mol. The first-order valence-corrected chi connectivity index (χ1v) is 9.83. The van der Waals surface area contributed by atoms with Crippen molar-refractivity contribution in [1.29, 1.82) is 0 Å². The Bertz CT molecular complexity index is 776. The van der Waals surface area contributed by atoms with Crippen LogP contribution >= 0.6 is 11.6 Å². The molecule has 152 valence electrons. The van der Waals surface area contributed by atoms with E-state index in [4.69, 9.17) is 21.1 Å². The lowest BCUT2D eigenvalue weighted by atomic mass is 10.1. The maximum Gasteiger partial charge on any atom is 0.262 e. The van der Waals surface area contributed by atoms with E-state index in [0.29, 0.717) is 29.0 Å². The van der Waals surface area contributed by atoms with Gasteiger partial charge in [-0.2, -0.15) is 0 Å². The van der Waals surface area contributed by atoms with Gasteiger partial charge < -0.3 is 20.1 Å². The van der Waals surface area contributed by atoms with Crippen molar-refractivity contribution in [3.8, 4) is 11.5 Å². The molecule has 5 nitrogen and oxygen atoms in total. The minimum absolute atomic E-state index is 0.157. The van der Waals surface area contributed by atoms with Crippen LogP contribution in [-0.2, 0) is 11.3 Å². The van der Waals surface area contributed by atoms with Crippen LogP contribution in [0.2, 0.25) is 5.02 Å². The summed E-state index contributed by atoms with van der Waals surface area (Å²) in [5.41, 5.74) is 2.85. The van der Waals surface area contributed by atoms with Gasteiger partial charge in [-0.25, -0.2) is 0 Å². The minimum atomic E-state index is -0.263. The second kappa shape index (κ2) is 10.9. The fraction of sp³-hybridized carbons (Fsp3) is 0.409. The molecule has 0 aliphatic carbocycles. The van der Waals surface area contributed by atoms with Crippen LogP contribution in [0, 0.1) is 12.8 Å². The van der Waals surface area contributed by atoms with E-state index in [2.05, 4.69) is 24.5 Å². The number of amides is 1. The van der Waals surface area contributed by atoms with Crippen molar-refractivity contribution in [2.45, 2.75) is 33.7 Å². The second-order valence-corrected chi connectivity index (χ2v) is 7.58. The number of methoxy groups -OCH3 is 1. The Morgan fingerprint density at radius 2 is 1.89 bits per heavy atom. The van der Waals surface area contributed by atoms with Gasteiger partial charge in [0.15, 0.2) is 18.1 Å². The first kappa shape index (κ1) is 22.1. The summed E-state index contributed by atoms with van der Waals surface area (Å²) in [5, 5.41) is 6.61. The summed E-state index contributed by atoms with van der Waals surface area (Å²) in [4.78, 5) is 12.1. The number of carbonyl (C=O) groups is 1. The van der Waals surface area contributed by atoms with Crippen LogP contribution in [0.1, 0.15) is 31.4 Å². The zero-order valence-corrected chi connectivity index (χ0v) is 17.7. The van der Waals surface area contributed by atoms with E-state index < -0.39 is 0 Å². The number of halogens is 1. The van der Waals surface area contributed by atoms with Crippen molar-refractivity contribution in [3.63, 3.8) is 0 Å². The van der Waals surface area contributed by atoms with Crippen molar-refractivity contribution < 1.29 is 14.3 Å². The molecule has 6 heteroatoms. The third kappa shape index (κ3) is 7.06. The Hall–Kier alpha value is -2.24. The van der Waals surface area contributed by atoms with Crippen LogP contribution in [-0.4, -0.2) is 26.2 Å². The Morgan fingerprint density at radius 3 is 2.54 bits per heavy atom. The molecular weight excluding hydrogens is 376 g/mol. The fourth-order valence-electron chi connectivity index (χ4n) is 2.61. The molecule has 2 rings (SSSR count). The number of carbonyl (C=O) groups excluding carboxylic acids is 1. The molecule has 1 amide bonds. The Kier molecular flexibility index (Phi) is 8.61. The number of nitrogens with one attached hydrogen (secondary N) is 2. The highest BCUT2D eigenvalue weighted by Gasteiger charge is 2.14. The number of anilines is 1. The molecule has 0 atom stereocenters. The van der Waals surface area contributed by atoms with E-state index in [-0.39, 0.29) is 12.5 Å². The average molecular weight is 405 g/mol. The first-order valence-electron chi connectivity index (χ1n) is 9.45. The predicted octanol–water partition coefficient (Wildman–Crippen LogP) is 4.81. The molecular formula is C22H29ClN2O3. The summed E-state index contributed by atoms with van der Waals surface area (Å²) in [6, 6.07) is 11.3. The normalized spacial score (nSPS) is 10.8. The van der Waals surface area contributed by atoms with Gasteiger partial charge in [-0.05, 0) is 55.6 Å². The van der Waals surface area contributed by atoms with E-state index in [1.54, 1.807) is 7.11 Å². The molecule has 0 heterocycles. The molecule has 0 aromatic heterocycles. The summed E-state index contributed by atoms with van der Waals surface area (Å²) in [5.74, 6) is 1.28. The van der Waals surface area contributed by atoms with Gasteiger partial charge in [0.25, 0.3) is 5.91 Å². The number of benzene rings is 2. The van der Waals surface area contributed by atoms with E-state index in [1.807, 2.05) is 43.3 Å². The summed E-state index contributed by atoms with van der Waals surface area (Å²) in [6.45, 7) is 7.86. The standard InChI is InChI=1S/C22H29ClN2O3/c1-15(2)9-10-24-13-17-11-19(23)22(20(12-17)27-4)28-14-21(26)25-18-7-5-16(3)6-8-18/h5-8,11-12,15,24H,9-10,13-14H2,1-4H3,(H,25,26). The van der Waals surface area contributed by atoms with Gasteiger partial charge >= 0.3 is 0 Å². The molecule has 28 heavy (non-hydrogen) atoms. The molecule has 2 N–H and O–H groups in total. The van der Waals surface area contributed by atoms with Gasteiger partial charge in [-0.3, -0.25) is 4.79 Å². The molecule has 0 saturated carbocycles. The number of rotatable bonds is 10. The van der Waals surface area contributed by atoms with Crippen molar-refractivity contribution >= 4 is 23.2 Å². The number of hydrogen-bond donors (Lipinski definition) is 2. The van der Waals surface area contributed by atoms with Gasteiger partial charge in [-0.15, -0.1) is 0 Å². The van der Waals surface area contributed by atoms with Gasteiger partial charge in [0.1, 0.15) is 0 Å². The SMILES string of the molecule is COc1cc(CNCCC(C)C)cc(Cl)c1OCC(=O)Nc1ccc(C)cc1. The molecule has 0 unspecified atom stereocenters. The van der Waals surface area contributed by atoms with Gasteiger partial charge in [0.05, 0.1) is 12.1 Å². The van der Waals surface area contributed by atoms with Gasteiger partial charge in [0, 0.05) is 12.2 Å². The van der Waals surface area contributed by atoms with E-state index in [9.17, 15) is 4.79 Å². The van der Waals surface area contributed by atoms with Crippen LogP contribution in [0.4, 0.5) is 5.69 Å². The lowest BCUT2D eigenvalue weighted by molar-refractivity contribution is -0.118. The largest absolute Gasteiger partial charge is 0.493 e. The highest BCUT2D eigenvalue weighted by Crippen LogP contribution is 2.36. The maximum atomic E-state index is 12.1. The average Bonchev–Trinajstić information content (AvgIpc) is 2.65. The van der Waals surface area contributed by atoms with Crippen molar-refractivity contribution in [3.05, 3.63) is 52.5 Å². The molecule has 0 fully saturated rings. The minimum Gasteiger partial charge on any atom is -0.493 e. The molecule has 0 bridgehead atoms. The molecule has 0 saturated heterocycles. The maximum absolute atomic E-state index is 12.1. The van der Waals surface area contributed by atoms with E-state index in [1.165, 1.54) is 0 Å². The van der Waals surface area contributed by atoms with Crippen molar-refractivity contribution in [1.82, 2.24) is 5.32 Å². The first-order chi connectivity index (χ1) is 13.4. The zero-order valence-electron chi connectivity index (χ0n) is 17.0. The quantitative estimate of drug-likeness (QED) is 0.558. The highest BCUT2D eigenvalue weighted by molar-refractivity contribution is 6.32. The van der Waals surface area contributed by atoms with Crippen LogP contribution in [0.15, 0.2) is 36.4 Å². The predicted molar refractivity (Wildman–Crippen MR) is 114 cm³/mol.